The highest BCUT2D eigenvalue weighted by molar-refractivity contribution is 5.73. The van der Waals surface area contributed by atoms with E-state index in [0.717, 1.165) is 25.2 Å². The molecule has 2 rings (SSSR count). The van der Waals surface area contributed by atoms with Gasteiger partial charge >= 0.3 is 5.97 Å². The number of rotatable bonds is 3. The third kappa shape index (κ3) is 2.91. The molecule has 2 N–H and O–H groups in total. The molecule has 1 aliphatic rings. The summed E-state index contributed by atoms with van der Waals surface area (Å²) in [5.74, 6) is 1.18. The van der Waals surface area contributed by atoms with Crippen LogP contribution in [-0.2, 0) is 9.53 Å². The lowest BCUT2D eigenvalue weighted by Crippen LogP contribution is -2.39. The second kappa shape index (κ2) is 5.71. The van der Waals surface area contributed by atoms with Crippen LogP contribution in [0.25, 0.3) is 0 Å². The summed E-state index contributed by atoms with van der Waals surface area (Å²) < 4.78 is 5.08. The number of piperidine rings is 1. The van der Waals surface area contributed by atoms with Crippen molar-refractivity contribution in [3.05, 3.63) is 18.2 Å². The Balaban J connectivity index is 2.04. The minimum atomic E-state index is -0.105. The molecule has 0 amide bonds. The van der Waals surface area contributed by atoms with Gasteiger partial charge in [-0.2, -0.15) is 0 Å². The fraction of sp³-hybridized carbons (Fsp3) is 0.538. The molecular formula is C13H19N3O2. The molecule has 0 aliphatic carbocycles. The van der Waals surface area contributed by atoms with Crippen molar-refractivity contribution in [2.24, 2.45) is 5.92 Å². The van der Waals surface area contributed by atoms with Gasteiger partial charge in [-0.3, -0.25) is 4.79 Å². The van der Waals surface area contributed by atoms with Gasteiger partial charge in [0.25, 0.3) is 0 Å². The second-order valence-electron chi connectivity index (χ2n) is 4.46. The van der Waals surface area contributed by atoms with Crippen molar-refractivity contribution >= 4 is 17.6 Å². The third-order valence-electron chi connectivity index (χ3n) is 3.12. The van der Waals surface area contributed by atoms with Crippen LogP contribution in [0.15, 0.2) is 18.2 Å². The summed E-state index contributed by atoms with van der Waals surface area (Å²) in [6.07, 6.45) is 1.86. The number of hydrogen-bond donors (Lipinski definition) is 1. The predicted molar refractivity (Wildman–Crippen MR) is 70.2 cm³/mol. The largest absolute Gasteiger partial charge is 0.466 e. The molecule has 0 unspecified atom stereocenters. The first kappa shape index (κ1) is 12.7. The summed E-state index contributed by atoms with van der Waals surface area (Å²) >= 11 is 0. The van der Waals surface area contributed by atoms with Crippen molar-refractivity contribution in [3.8, 4) is 0 Å². The van der Waals surface area contributed by atoms with Gasteiger partial charge in [-0.05, 0) is 31.9 Å². The number of esters is 1. The average Bonchev–Trinajstić information content (AvgIpc) is 2.39. The molecule has 0 bridgehead atoms. The van der Waals surface area contributed by atoms with E-state index in [2.05, 4.69) is 9.88 Å². The normalized spacial score (nSPS) is 19.6. The highest BCUT2D eigenvalue weighted by Crippen LogP contribution is 2.23. The number of hydrogen-bond acceptors (Lipinski definition) is 5. The van der Waals surface area contributed by atoms with Crippen molar-refractivity contribution in [3.63, 3.8) is 0 Å². The maximum Gasteiger partial charge on any atom is 0.310 e. The van der Waals surface area contributed by atoms with Gasteiger partial charge in [0.2, 0.25) is 0 Å². The number of carbonyl (C=O) groups is 1. The number of nitrogens with two attached hydrogens (primary N) is 1. The molecular weight excluding hydrogens is 230 g/mol. The fourth-order valence-corrected chi connectivity index (χ4v) is 2.25. The first-order chi connectivity index (χ1) is 8.70. The highest BCUT2D eigenvalue weighted by atomic mass is 16.5. The number of aromatic nitrogens is 1. The van der Waals surface area contributed by atoms with Crippen LogP contribution < -0.4 is 10.6 Å². The smallest absolute Gasteiger partial charge is 0.310 e. The molecule has 1 atom stereocenters. The minimum absolute atomic E-state index is 0.0538. The van der Waals surface area contributed by atoms with Gasteiger partial charge in [0.15, 0.2) is 0 Å². The first-order valence-electron chi connectivity index (χ1n) is 6.35. The van der Waals surface area contributed by atoms with Crippen molar-refractivity contribution in [1.29, 1.82) is 0 Å². The summed E-state index contributed by atoms with van der Waals surface area (Å²) in [6.45, 7) is 3.84. The van der Waals surface area contributed by atoms with Crippen LogP contribution in [0.2, 0.25) is 0 Å². The molecule has 1 saturated heterocycles. The van der Waals surface area contributed by atoms with E-state index >= 15 is 0 Å². The lowest BCUT2D eigenvalue weighted by atomic mass is 9.98. The summed E-state index contributed by atoms with van der Waals surface area (Å²) in [6, 6.07) is 5.56. The molecule has 0 radical (unpaired) electrons. The molecule has 0 spiro atoms. The maximum absolute atomic E-state index is 11.7. The molecule has 0 aromatic carbocycles. The average molecular weight is 249 g/mol. The van der Waals surface area contributed by atoms with E-state index < -0.39 is 0 Å². The molecule has 98 valence electrons. The number of anilines is 2. The van der Waals surface area contributed by atoms with Crippen molar-refractivity contribution in [2.75, 3.05) is 30.3 Å². The van der Waals surface area contributed by atoms with E-state index in [1.807, 2.05) is 19.1 Å². The molecule has 18 heavy (non-hydrogen) atoms. The Morgan fingerprint density at radius 1 is 1.61 bits per heavy atom. The van der Waals surface area contributed by atoms with Gasteiger partial charge in [0, 0.05) is 13.1 Å². The predicted octanol–water partition coefficient (Wildman–Crippen LogP) is 1.44. The number of nitrogens with zero attached hydrogens (tertiary/aromatic N) is 2. The zero-order valence-electron chi connectivity index (χ0n) is 10.6. The topological polar surface area (TPSA) is 68.5 Å². The third-order valence-corrected chi connectivity index (χ3v) is 3.12. The Kier molecular flexibility index (Phi) is 4.02. The Hall–Kier alpha value is -1.78. The number of nitrogen functional groups attached to an aromatic ring is 1. The molecule has 1 aromatic heterocycles. The van der Waals surface area contributed by atoms with Gasteiger partial charge in [-0.15, -0.1) is 0 Å². The van der Waals surface area contributed by atoms with Crippen molar-refractivity contribution < 1.29 is 9.53 Å². The lowest BCUT2D eigenvalue weighted by Gasteiger charge is -2.32. The molecule has 1 fully saturated rings. The Labute approximate surface area is 107 Å². The summed E-state index contributed by atoms with van der Waals surface area (Å²) in [4.78, 5) is 18.1. The quantitative estimate of drug-likeness (QED) is 0.821. The zero-order chi connectivity index (χ0) is 13.0. The van der Waals surface area contributed by atoms with Crippen LogP contribution in [0.5, 0.6) is 0 Å². The van der Waals surface area contributed by atoms with Crippen molar-refractivity contribution in [2.45, 2.75) is 19.8 Å². The van der Waals surface area contributed by atoms with E-state index in [1.54, 1.807) is 6.07 Å². The van der Waals surface area contributed by atoms with E-state index in [4.69, 9.17) is 10.5 Å². The molecule has 2 heterocycles. The number of pyridine rings is 1. The van der Waals surface area contributed by atoms with Crippen LogP contribution in [0.3, 0.4) is 0 Å². The Morgan fingerprint density at radius 2 is 2.44 bits per heavy atom. The molecule has 1 aromatic rings. The zero-order valence-corrected chi connectivity index (χ0v) is 10.6. The van der Waals surface area contributed by atoms with Crippen LogP contribution >= 0.6 is 0 Å². The van der Waals surface area contributed by atoms with Crippen LogP contribution in [0.4, 0.5) is 11.6 Å². The summed E-state index contributed by atoms with van der Waals surface area (Å²) in [5, 5.41) is 0. The molecule has 5 nitrogen and oxygen atoms in total. The summed E-state index contributed by atoms with van der Waals surface area (Å²) in [7, 11) is 0. The first-order valence-corrected chi connectivity index (χ1v) is 6.35. The molecule has 0 saturated carbocycles. The molecule has 5 heteroatoms. The van der Waals surface area contributed by atoms with Crippen molar-refractivity contribution in [1.82, 2.24) is 4.98 Å². The Morgan fingerprint density at radius 3 is 3.17 bits per heavy atom. The van der Waals surface area contributed by atoms with Crippen LogP contribution in [0, 0.1) is 5.92 Å². The Bertz CT molecular complexity index is 422. The van der Waals surface area contributed by atoms with Crippen LogP contribution in [0.1, 0.15) is 19.8 Å². The van der Waals surface area contributed by atoms with Gasteiger partial charge in [0.05, 0.1) is 12.5 Å². The number of ether oxygens (including phenoxy) is 1. The van der Waals surface area contributed by atoms with Gasteiger partial charge in [-0.25, -0.2) is 4.98 Å². The van der Waals surface area contributed by atoms with Gasteiger partial charge < -0.3 is 15.4 Å². The fourth-order valence-electron chi connectivity index (χ4n) is 2.25. The molecule has 1 aliphatic heterocycles. The monoisotopic (exact) mass is 249 g/mol. The lowest BCUT2D eigenvalue weighted by molar-refractivity contribution is -0.148. The summed E-state index contributed by atoms with van der Waals surface area (Å²) in [5.41, 5.74) is 5.68. The highest BCUT2D eigenvalue weighted by Gasteiger charge is 2.27. The van der Waals surface area contributed by atoms with E-state index in [0.29, 0.717) is 19.0 Å². The van der Waals surface area contributed by atoms with E-state index in [1.165, 1.54) is 0 Å². The second-order valence-corrected chi connectivity index (χ2v) is 4.46. The van der Waals surface area contributed by atoms with Crippen LogP contribution in [-0.4, -0.2) is 30.6 Å². The standard InChI is InChI=1S/C13H19N3O2/c1-2-18-13(17)10-5-4-8-16(9-10)12-7-3-6-11(14)15-12/h3,6-7,10H,2,4-5,8-9H2,1H3,(H2,14,15)/t10-/m1/s1. The van der Waals surface area contributed by atoms with Gasteiger partial charge in [-0.1, -0.05) is 6.07 Å². The SMILES string of the molecule is CCOC(=O)[C@@H]1CCCN(c2cccc(N)n2)C1. The maximum atomic E-state index is 11.7. The van der Waals surface area contributed by atoms with E-state index in [-0.39, 0.29) is 11.9 Å². The van der Waals surface area contributed by atoms with Gasteiger partial charge in [0.1, 0.15) is 11.6 Å². The minimum Gasteiger partial charge on any atom is -0.466 e. The van der Waals surface area contributed by atoms with E-state index in [9.17, 15) is 4.79 Å². The number of carbonyl (C=O) groups excluding carboxylic acids is 1.